The van der Waals surface area contributed by atoms with E-state index in [1.165, 1.54) is 11.0 Å². The van der Waals surface area contributed by atoms with E-state index in [2.05, 4.69) is 15.9 Å². The highest BCUT2D eigenvalue weighted by Gasteiger charge is 2.30. The number of amides is 1. The van der Waals surface area contributed by atoms with Gasteiger partial charge in [-0.15, -0.1) is 12.3 Å². The number of hydrogen-bond donors (Lipinski definition) is 1. The third kappa shape index (κ3) is 4.69. The summed E-state index contributed by atoms with van der Waals surface area (Å²) in [5.74, 6) is 2.60. The summed E-state index contributed by atoms with van der Waals surface area (Å²) in [6.45, 7) is 2.11. The number of nitrogens with zero attached hydrogens (tertiary/aromatic N) is 3. The van der Waals surface area contributed by atoms with Crippen LogP contribution in [0.2, 0.25) is 0 Å². The first-order valence-corrected chi connectivity index (χ1v) is 9.11. The maximum Gasteiger partial charge on any atom is 0.417 e. The number of benzene rings is 1. The summed E-state index contributed by atoms with van der Waals surface area (Å²) < 4.78 is 38.2. The molecule has 0 bridgehead atoms. The number of fused-ring (bicyclic) bond motifs is 1. The molecule has 0 spiro atoms. The minimum atomic E-state index is -4.47. The number of aryl methyl sites for hydroxylation is 1. The van der Waals surface area contributed by atoms with Crippen LogP contribution in [0.4, 0.5) is 19.0 Å². The Balaban J connectivity index is 1.87. The van der Waals surface area contributed by atoms with Crippen molar-refractivity contribution < 1.29 is 18.0 Å². The van der Waals surface area contributed by atoms with Crippen molar-refractivity contribution in [3.8, 4) is 12.3 Å². The maximum absolute atomic E-state index is 13.1. The van der Waals surface area contributed by atoms with Crippen LogP contribution in [0.15, 0.2) is 42.6 Å². The number of carbonyl (C=O) groups is 1. The van der Waals surface area contributed by atoms with E-state index >= 15 is 0 Å². The van der Waals surface area contributed by atoms with Gasteiger partial charge in [-0.25, -0.2) is 4.98 Å². The van der Waals surface area contributed by atoms with Gasteiger partial charge in [-0.2, -0.15) is 13.2 Å². The van der Waals surface area contributed by atoms with Gasteiger partial charge in [0.05, 0.1) is 23.3 Å². The second-order valence-corrected chi connectivity index (χ2v) is 6.81. The van der Waals surface area contributed by atoms with E-state index in [9.17, 15) is 18.0 Å². The molecular weight excluding hydrogens is 393 g/mol. The number of alkyl halides is 3. The molecule has 0 radical (unpaired) electrons. The quantitative estimate of drug-likeness (QED) is 0.638. The Bertz CT molecular complexity index is 1120. The predicted octanol–water partition coefficient (Wildman–Crippen LogP) is 4.20. The van der Waals surface area contributed by atoms with Crippen molar-refractivity contribution in [2.45, 2.75) is 26.1 Å². The van der Waals surface area contributed by atoms with E-state index < -0.39 is 11.7 Å². The number of nitrogen functional groups attached to an aromatic ring is 1. The van der Waals surface area contributed by atoms with E-state index in [1.54, 1.807) is 18.2 Å². The molecule has 0 saturated heterocycles. The Hall–Kier alpha value is -3.60. The standard InChI is InChI=1S/C22H19F3N4O/c1-3-4-9-29(13-18-7-6-17(12-27-18)22(23,24)25)21(30)15-5-8-19-16(11-15)10-14(2)20(26)28-19/h1,5-8,10-12H,4,9,13H2,2H3,(H2,26,28). The van der Waals surface area contributed by atoms with Crippen LogP contribution in [0, 0.1) is 19.3 Å². The molecular formula is C22H19F3N4O. The molecule has 2 N–H and O–H groups in total. The first-order chi connectivity index (χ1) is 14.2. The molecule has 5 nitrogen and oxygen atoms in total. The molecule has 2 heterocycles. The van der Waals surface area contributed by atoms with Crippen LogP contribution in [-0.4, -0.2) is 27.3 Å². The number of halogens is 3. The zero-order valence-corrected chi connectivity index (χ0v) is 16.2. The topological polar surface area (TPSA) is 72.1 Å². The van der Waals surface area contributed by atoms with E-state index in [1.807, 2.05) is 13.0 Å². The van der Waals surface area contributed by atoms with Gasteiger partial charge in [0.2, 0.25) is 0 Å². The summed E-state index contributed by atoms with van der Waals surface area (Å²) in [6, 6.07) is 9.10. The third-order valence-corrected chi connectivity index (χ3v) is 4.61. The zero-order chi connectivity index (χ0) is 21.9. The molecule has 30 heavy (non-hydrogen) atoms. The molecule has 0 fully saturated rings. The van der Waals surface area contributed by atoms with Crippen LogP contribution in [0.25, 0.3) is 10.9 Å². The van der Waals surface area contributed by atoms with Crippen molar-refractivity contribution in [1.82, 2.24) is 14.9 Å². The SMILES string of the molecule is C#CCCN(Cc1ccc(C(F)(F)F)cn1)C(=O)c1ccc2nc(N)c(C)cc2c1. The highest BCUT2D eigenvalue weighted by molar-refractivity contribution is 5.98. The predicted molar refractivity (Wildman–Crippen MR) is 108 cm³/mol. The fourth-order valence-electron chi connectivity index (χ4n) is 2.95. The molecule has 8 heteroatoms. The highest BCUT2D eigenvalue weighted by atomic mass is 19.4. The van der Waals surface area contributed by atoms with Crippen LogP contribution < -0.4 is 5.73 Å². The van der Waals surface area contributed by atoms with Crippen molar-refractivity contribution in [1.29, 1.82) is 0 Å². The number of anilines is 1. The number of hydrogen-bond acceptors (Lipinski definition) is 4. The molecule has 0 saturated carbocycles. The number of rotatable bonds is 5. The van der Waals surface area contributed by atoms with Crippen molar-refractivity contribution >= 4 is 22.6 Å². The van der Waals surface area contributed by atoms with Crippen LogP contribution >= 0.6 is 0 Å². The second-order valence-electron chi connectivity index (χ2n) is 6.81. The van der Waals surface area contributed by atoms with Crippen molar-refractivity contribution in [3.05, 3.63) is 65.0 Å². The summed E-state index contributed by atoms with van der Waals surface area (Å²) in [7, 11) is 0. The fraction of sp³-hybridized carbons (Fsp3) is 0.227. The largest absolute Gasteiger partial charge is 0.417 e. The number of terminal acetylenes is 1. The Morgan fingerprint density at radius 2 is 2.00 bits per heavy atom. The lowest BCUT2D eigenvalue weighted by atomic mass is 10.1. The summed E-state index contributed by atoms with van der Waals surface area (Å²) in [5, 5.41) is 0.761. The van der Waals surface area contributed by atoms with Gasteiger partial charge in [-0.05, 0) is 48.9 Å². The summed E-state index contributed by atoms with van der Waals surface area (Å²) in [6.07, 6.45) is 1.93. The summed E-state index contributed by atoms with van der Waals surface area (Å²) in [4.78, 5) is 22.7. The number of carbonyl (C=O) groups excluding carboxylic acids is 1. The maximum atomic E-state index is 13.1. The van der Waals surface area contributed by atoms with Gasteiger partial charge in [-0.1, -0.05) is 0 Å². The number of pyridine rings is 2. The summed E-state index contributed by atoms with van der Waals surface area (Å²) in [5.41, 5.74) is 7.19. The molecule has 3 aromatic rings. The first-order valence-electron chi connectivity index (χ1n) is 9.11. The lowest BCUT2D eigenvalue weighted by molar-refractivity contribution is -0.137. The minimum Gasteiger partial charge on any atom is -0.383 e. The zero-order valence-electron chi connectivity index (χ0n) is 16.2. The van der Waals surface area contributed by atoms with Crippen LogP contribution in [0.5, 0.6) is 0 Å². The second kappa shape index (κ2) is 8.41. The van der Waals surface area contributed by atoms with Crippen LogP contribution in [0.1, 0.15) is 33.6 Å². The minimum absolute atomic E-state index is 0.0374. The molecule has 0 aliphatic heterocycles. The fourth-order valence-corrected chi connectivity index (χ4v) is 2.95. The van der Waals surface area contributed by atoms with E-state index in [0.717, 1.165) is 23.2 Å². The normalized spacial score (nSPS) is 11.3. The van der Waals surface area contributed by atoms with Crippen molar-refractivity contribution in [3.63, 3.8) is 0 Å². The number of aromatic nitrogens is 2. The van der Waals surface area contributed by atoms with Gasteiger partial charge in [0.1, 0.15) is 5.82 Å². The van der Waals surface area contributed by atoms with Crippen LogP contribution in [0.3, 0.4) is 0 Å². The Morgan fingerprint density at radius 3 is 2.63 bits per heavy atom. The summed E-state index contributed by atoms with van der Waals surface area (Å²) >= 11 is 0. The Kier molecular flexibility index (Phi) is 5.92. The molecule has 1 amide bonds. The molecule has 3 rings (SSSR count). The molecule has 2 aromatic heterocycles. The third-order valence-electron chi connectivity index (χ3n) is 4.61. The average molecular weight is 412 g/mol. The molecule has 0 atom stereocenters. The van der Waals surface area contributed by atoms with Gasteiger partial charge < -0.3 is 10.6 Å². The van der Waals surface area contributed by atoms with Gasteiger partial charge in [0, 0.05) is 30.1 Å². The van der Waals surface area contributed by atoms with Gasteiger partial charge >= 0.3 is 6.18 Å². The molecule has 0 aliphatic rings. The molecule has 0 unspecified atom stereocenters. The number of nitrogens with two attached hydrogens (primary N) is 1. The lowest BCUT2D eigenvalue weighted by Crippen LogP contribution is -2.31. The Morgan fingerprint density at radius 1 is 1.23 bits per heavy atom. The average Bonchev–Trinajstić information content (AvgIpc) is 2.71. The van der Waals surface area contributed by atoms with E-state index in [0.29, 0.717) is 29.0 Å². The van der Waals surface area contributed by atoms with Gasteiger partial charge in [-0.3, -0.25) is 9.78 Å². The van der Waals surface area contributed by atoms with E-state index in [4.69, 9.17) is 12.2 Å². The van der Waals surface area contributed by atoms with Gasteiger partial charge in [0.25, 0.3) is 5.91 Å². The van der Waals surface area contributed by atoms with Crippen molar-refractivity contribution in [2.24, 2.45) is 0 Å². The first kappa shape index (κ1) is 21.1. The Labute approximate surface area is 171 Å². The van der Waals surface area contributed by atoms with E-state index in [-0.39, 0.29) is 19.0 Å². The van der Waals surface area contributed by atoms with Crippen LogP contribution in [-0.2, 0) is 12.7 Å². The lowest BCUT2D eigenvalue weighted by Gasteiger charge is -2.22. The highest BCUT2D eigenvalue weighted by Crippen LogP contribution is 2.28. The monoisotopic (exact) mass is 412 g/mol. The molecule has 0 aliphatic carbocycles. The smallest absolute Gasteiger partial charge is 0.383 e. The molecule has 1 aromatic carbocycles. The van der Waals surface area contributed by atoms with Gasteiger partial charge in [0.15, 0.2) is 0 Å². The molecule has 154 valence electrons. The van der Waals surface area contributed by atoms with Crippen molar-refractivity contribution in [2.75, 3.05) is 12.3 Å².